The Bertz CT molecular complexity index is 937. The van der Waals surface area contributed by atoms with Crippen LogP contribution in [0.15, 0.2) is 42.9 Å². The molecule has 0 unspecified atom stereocenters. The van der Waals surface area contributed by atoms with Gasteiger partial charge in [0, 0.05) is 64.2 Å². The van der Waals surface area contributed by atoms with Gasteiger partial charge in [0.2, 0.25) is 0 Å². The fraction of sp³-hybridized carbons (Fsp3) is 0.500. The van der Waals surface area contributed by atoms with E-state index >= 15 is 0 Å². The van der Waals surface area contributed by atoms with Gasteiger partial charge in [-0.25, -0.2) is 4.79 Å². The predicted octanol–water partition coefficient (Wildman–Crippen LogP) is 3.55. The van der Waals surface area contributed by atoms with Gasteiger partial charge in [0.25, 0.3) is 0 Å². The van der Waals surface area contributed by atoms with Crippen LogP contribution in [0.5, 0.6) is 0 Å². The van der Waals surface area contributed by atoms with Crippen LogP contribution >= 0.6 is 0 Å². The first kappa shape index (κ1) is 21.4. The molecule has 2 aromatic rings. The molecule has 1 aromatic heterocycles. The molecule has 0 bridgehead atoms. The summed E-state index contributed by atoms with van der Waals surface area (Å²) in [6, 6.07) is 6.77. The summed E-state index contributed by atoms with van der Waals surface area (Å²) in [7, 11) is 1.93. The van der Waals surface area contributed by atoms with Crippen molar-refractivity contribution in [2.75, 3.05) is 56.1 Å². The Labute approximate surface area is 185 Å². The van der Waals surface area contributed by atoms with Gasteiger partial charge in [0.15, 0.2) is 0 Å². The number of anilines is 2. The van der Waals surface area contributed by atoms with Crippen LogP contribution in [-0.4, -0.2) is 71.9 Å². The number of hydrogen-bond acceptors (Lipinski definition) is 5. The summed E-state index contributed by atoms with van der Waals surface area (Å²) < 4.78 is 1.44. The number of allylic oxidation sites excluding steroid dienone is 1. The van der Waals surface area contributed by atoms with Crippen LogP contribution in [0.3, 0.4) is 0 Å². The molecule has 166 valence electrons. The first-order chi connectivity index (χ1) is 14.9. The van der Waals surface area contributed by atoms with Crippen molar-refractivity contribution in [1.82, 2.24) is 19.6 Å². The van der Waals surface area contributed by atoms with Gasteiger partial charge in [-0.3, -0.25) is 4.90 Å². The standard InChI is InChI=1S/C24H34N6O/c1-19(2)26(4)22-16-25-30(18-22)24(31)29-13-11-27(12-14-29)17-21-8-7-20(3)15-23(21)28-9-5-6-10-28/h7-8,15-16,18H,1,5-6,9-14,17H2,2-4H3. The van der Waals surface area contributed by atoms with Gasteiger partial charge >= 0.3 is 6.03 Å². The second kappa shape index (κ2) is 9.14. The molecule has 2 fully saturated rings. The van der Waals surface area contributed by atoms with Crippen LogP contribution in [-0.2, 0) is 6.54 Å². The first-order valence-corrected chi connectivity index (χ1v) is 11.2. The van der Waals surface area contributed by atoms with E-state index in [9.17, 15) is 4.79 Å². The topological polar surface area (TPSA) is 47.9 Å². The molecule has 31 heavy (non-hydrogen) atoms. The zero-order chi connectivity index (χ0) is 22.0. The highest BCUT2D eigenvalue weighted by atomic mass is 16.2. The molecule has 4 rings (SSSR count). The molecule has 0 saturated carbocycles. The molecule has 0 atom stereocenters. The minimum Gasteiger partial charge on any atom is -0.371 e. The van der Waals surface area contributed by atoms with Crippen molar-refractivity contribution in [3.8, 4) is 0 Å². The molecule has 7 nitrogen and oxygen atoms in total. The van der Waals surface area contributed by atoms with E-state index in [1.54, 1.807) is 12.4 Å². The second-order valence-electron chi connectivity index (χ2n) is 8.81. The zero-order valence-corrected chi connectivity index (χ0v) is 19.0. The lowest BCUT2D eigenvalue weighted by Gasteiger charge is -2.35. The third-order valence-corrected chi connectivity index (χ3v) is 6.45. The van der Waals surface area contributed by atoms with E-state index in [1.165, 1.54) is 34.3 Å². The molecule has 0 N–H and O–H groups in total. The third-order valence-electron chi connectivity index (χ3n) is 6.45. The van der Waals surface area contributed by atoms with Crippen molar-refractivity contribution in [3.63, 3.8) is 0 Å². The summed E-state index contributed by atoms with van der Waals surface area (Å²) in [5, 5.41) is 4.27. The Morgan fingerprint density at radius 3 is 2.52 bits per heavy atom. The Morgan fingerprint density at radius 2 is 1.84 bits per heavy atom. The number of carbonyl (C=O) groups is 1. The number of rotatable bonds is 5. The number of piperazine rings is 1. The molecular weight excluding hydrogens is 388 g/mol. The summed E-state index contributed by atoms with van der Waals surface area (Å²) >= 11 is 0. The number of aryl methyl sites for hydroxylation is 1. The minimum atomic E-state index is -0.0610. The third kappa shape index (κ3) is 4.77. The Hall–Kier alpha value is -2.80. The van der Waals surface area contributed by atoms with Crippen LogP contribution in [0, 0.1) is 6.92 Å². The molecule has 2 aliphatic rings. The van der Waals surface area contributed by atoms with E-state index in [4.69, 9.17) is 0 Å². The highest BCUT2D eigenvalue weighted by Gasteiger charge is 2.24. The molecule has 3 heterocycles. The minimum absolute atomic E-state index is 0.0610. The van der Waals surface area contributed by atoms with Gasteiger partial charge in [0.05, 0.1) is 18.1 Å². The summed E-state index contributed by atoms with van der Waals surface area (Å²) in [5.41, 5.74) is 5.88. The van der Waals surface area contributed by atoms with Gasteiger partial charge in [-0.15, -0.1) is 0 Å². The van der Waals surface area contributed by atoms with E-state index < -0.39 is 0 Å². The van der Waals surface area contributed by atoms with Crippen LogP contribution in [0.25, 0.3) is 0 Å². The summed E-state index contributed by atoms with van der Waals surface area (Å²) in [6.45, 7) is 14.5. The maximum absolute atomic E-state index is 12.9. The Balaban J connectivity index is 1.36. The van der Waals surface area contributed by atoms with Crippen molar-refractivity contribution in [2.24, 2.45) is 0 Å². The maximum atomic E-state index is 12.9. The summed E-state index contributed by atoms with van der Waals surface area (Å²) in [6.07, 6.45) is 6.05. The van der Waals surface area contributed by atoms with E-state index in [0.717, 1.165) is 57.2 Å². The molecule has 1 aromatic carbocycles. The molecule has 1 amide bonds. The van der Waals surface area contributed by atoms with Crippen molar-refractivity contribution in [1.29, 1.82) is 0 Å². The number of aromatic nitrogens is 2. The van der Waals surface area contributed by atoms with Gasteiger partial charge in [0.1, 0.15) is 0 Å². The highest BCUT2D eigenvalue weighted by molar-refractivity contribution is 5.77. The fourth-order valence-corrected chi connectivity index (χ4v) is 4.35. The normalized spacial score (nSPS) is 17.3. The van der Waals surface area contributed by atoms with Crippen LogP contribution in [0.2, 0.25) is 0 Å². The predicted molar refractivity (Wildman–Crippen MR) is 126 cm³/mol. The lowest BCUT2D eigenvalue weighted by atomic mass is 10.1. The van der Waals surface area contributed by atoms with E-state index in [1.807, 2.05) is 23.8 Å². The molecular formula is C24H34N6O. The van der Waals surface area contributed by atoms with E-state index in [-0.39, 0.29) is 6.03 Å². The van der Waals surface area contributed by atoms with Gasteiger partial charge in [-0.2, -0.15) is 9.78 Å². The number of nitrogens with zero attached hydrogens (tertiary/aromatic N) is 6. The molecule has 0 spiro atoms. The number of hydrogen-bond donors (Lipinski definition) is 0. The molecule has 0 aliphatic carbocycles. The molecule has 7 heteroatoms. The van der Waals surface area contributed by atoms with Crippen molar-refractivity contribution < 1.29 is 4.79 Å². The van der Waals surface area contributed by atoms with Crippen LogP contribution < -0.4 is 9.80 Å². The van der Waals surface area contributed by atoms with Crippen molar-refractivity contribution in [3.05, 3.63) is 54.0 Å². The van der Waals surface area contributed by atoms with Crippen LogP contribution in [0.4, 0.5) is 16.2 Å². The van der Waals surface area contributed by atoms with Crippen LogP contribution in [0.1, 0.15) is 30.9 Å². The summed E-state index contributed by atoms with van der Waals surface area (Å²) in [4.78, 5) is 21.7. The smallest absolute Gasteiger partial charge is 0.344 e. The van der Waals surface area contributed by atoms with E-state index in [0.29, 0.717) is 0 Å². The molecule has 0 radical (unpaired) electrons. The second-order valence-corrected chi connectivity index (χ2v) is 8.81. The summed E-state index contributed by atoms with van der Waals surface area (Å²) in [5.74, 6) is 0. The highest BCUT2D eigenvalue weighted by Crippen LogP contribution is 2.27. The van der Waals surface area contributed by atoms with Gasteiger partial charge < -0.3 is 14.7 Å². The average molecular weight is 423 g/mol. The average Bonchev–Trinajstić information content (AvgIpc) is 3.47. The largest absolute Gasteiger partial charge is 0.371 e. The number of amides is 1. The number of benzene rings is 1. The van der Waals surface area contributed by atoms with Crippen molar-refractivity contribution >= 4 is 17.4 Å². The maximum Gasteiger partial charge on any atom is 0.344 e. The zero-order valence-electron chi connectivity index (χ0n) is 19.0. The lowest BCUT2D eigenvalue weighted by molar-refractivity contribution is 0.134. The number of carbonyl (C=O) groups excluding carboxylic acids is 1. The monoisotopic (exact) mass is 422 g/mol. The quantitative estimate of drug-likeness (QED) is 0.738. The lowest BCUT2D eigenvalue weighted by Crippen LogP contribution is -2.49. The fourth-order valence-electron chi connectivity index (χ4n) is 4.35. The molecule has 2 saturated heterocycles. The van der Waals surface area contributed by atoms with E-state index in [2.05, 4.69) is 46.6 Å². The van der Waals surface area contributed by atoms with Gasteiger partial charge in [-0.05, 0) is 43.9 Å². The Kier molecular flexibility index (Phi) is 6.32. The van der Waals surface area contributed by atoms with Gasteiger partial charge in [-0.1, -0.05) is 18.7 Å². The first-order valence-electron chi connectivity index (χ1n) is 11.2. The molecule has 2 aliphatic heterocycles. The van der Waals surface area contributed by atoms with Crippen molar-refractivity contribution in [2.45, 2.75) is 33.2 Å². The SMILES string of the molecule is C=C(C)N(C)c1cnn(C(=O)N2CCN(Cc3ccc(C)cc3N3CCCC3)CC2)c1. The Morgan fingerprint density at radius 1 is 1.13 bits per heavy atom.